The molecule has 0 radical (unpaired) electrons. The predicted molar refractivity (Wildman–Crippen MR) is 82.5 cm³/mol. The highest BCUT2D eigenvalue weighted by Crippen LogP contribution is 2.28. The van der Waals surface area contributed by atoms with Crippen LogP contribution in [0.15, 0.2) is 5.16 Å². The average molecular weight is 315 g/mol. The van der Waals surface area contributed by atoms with Crippen molar-refractivity contribution in [1.29, 1.82) is 0 Å². The maximum atomic E-state index is 10.7. The van der Waals surface area contributed by atoms with Crippen LogP contribution in [0.1, 0.15) is 38.4 Å². The van der Waals surface area contributed by atoms with Gasteiger partial charge in [-0.3, -0.25) is 4.79 Å². The molecule has 1 saturated heterocycles. The third-order valence-corrected chi connectivity index (χ3v) is 5.37. The van der Waals surface area contributed by atoms with Crippen LogP contribution in [0.4, 0.5) is 0 Å². The highest BCUT2D eigenvalue weighted by Gasteiger charge is 2.21. The second kappa shape index (κ2) is 7.36. The summed E-state index contributed by atoms with van der Waals surface area (Å²) in [5.41, 5.74) is 0. The highest BCUT2D eigenvalue weighted by atomic mass is 32.2. The topological polar surface area (TPSA) is 68.0 Å². The van der Waals surface area contributed by atoms with Crippen molar-refractivity contribution >= 4 is 29.5 Å². The molecule has 0 atom stereocenters. The van der Waals surface area contributed by atoms with E-state index >= 15 is 0 Å². The summed E-state index contributed by atoms with van der Waals surface area (Å²) >= 11 is 3.28. The number of rotatable bonds is 6. The summed E-state index contributed by atoms with van der Waals surface area (Å²) in [4.78, 5) is 10.7. The standard InChI is InChI=1S/C13H21N3O2S2/c1-9(2)12-14-15-13(20-8-11(17)18)16(12)7-10-3-5-19-6-4-10/h9-10H,3-8H2,1-2H3,(H,17,18). The smallest absolute Gasteiger partial charge is 0.313 e. The van der Waals surface area contributed by atoms with Crippen molar-refractivity contribution in [3.63, 3.8) is 0 Å². The molecule has 1 aliphatic rings. The summed E-state index contributed by atoms with van der Waals surface area (Å²) in [6, 6.07) is 0. The van der Waals surface area contributed by atoms with Crippen molar-refractivity contribution in [3.8, 4) is 0 Å². The number of hydrogen-bond acceptors (Lipinski definition) is 5. The van der Waals surface area contributed by atoms with Gasteiger partial charge in [0.25, 0.3) is 0 Å². The van der Waals surface area contributed by atoms with E-state index in [0.29, 0.717) is 11.8 Å². The lowest BCUT2D eigenvalue weighted by molar-refractivity contribution is -0.133. The Morgan fingerprint density at radius 1 is 1.45 bits per heavy atom. The van der Waals surface area contributed by atoms with Gasteiger partial charge in [0.15, 0.2) is 5.16 Å². The lowest BCUT2D eigenvalue weighted by Gasteiger charge is -2.23. The number of nitrogens with zero attached hydrogens (tertiary/aromatic N) is 3. The fourth-order valence-corrected chi connectivity index (χ4v) is 4.20. The molecule has 1 fully saturated rings. The van der Waals surface area contributed by atoms with Gasteiger partial charge in [0.2, 0.25) is 0 Å². The van der Waals surface area contributed by atoms with Crippen LogP contribution in [0.2, 0.25) is 0 Å². The molecule has 7 heteroatoms. The third kappa shape index (κ3) is 4.15. The Hall–Kier alpha value is -0.690. The highest BCUT2D eigenvalue weighted by molar-refractivity contribution is 7.99. The summed E-state index contributed by atoms with van der Waals surface area (Å²) < 4.78 is 2.14. The van der Waals surface area contributed by atoms with Gasteiger partial charge in [-0.05, 0) is 30.3 Å². The second-order valence-corrected chi connectivity index (χ2v) is 7.51. The summed E-state index contributed by atoms with van der Waals surface area (Å²) in [6.45, 7) is 5.12. The molecule has 0 unspecified atom stereocenters. The van der Waals surface area contributed by atoms with E-state index in [-0.39, 0.29) is 5.75 Å². The summed E-state index contributed by atoms with van der Waals surface area (Å²) in [7, 11) is 0. The molecule has 2 heterocycles. The quantitative estimate of drug-likeness (QED) is 0.814. The van der Waals surface area contributed by atoms with Gasteiger partial charge in [-0.15, -0.1) is 10.2 Å². The van der Waals surface area contributed by atoms with Crippen LogP contribution in [0.25, 0.3) is 0 Å². The predicted octanol–water partition coefficient (Wildman–Crippen LogP) is 2.72. The van der Waals surface area contributed by atoms with E-state index in [0.717, 1.165) is 17.5 Å². The van der Waals surface area contributed by atoms with Crippen LogP contribution in [0, 0.1) is 5.92 Å². The van der Waals surface area contributed by atoms with Crippen LogP contribution < -0.4 is 0 Å². The zero-order valence-corrected chi connectivity index (χ0v) is 13.5. The Balaban J connectivity index is 2.12. The van der Waals surface area contributed by atoms with E-state index in [2.05, 4.69) is 28.6 Å². The van der Waals surface area contributed by atoms with E-state index in [1.165, 1.54) is 36.1 Å². The van der Waals surface area contributed by atoms with Gasteiger partial charge in [0, 0.05) is 12.5 Å². The van der Waals surface area contributed by atoms with Crippen molar-refractivity contribution in [2.75, 3.05) is 17.3 Å². The largest absolute Gasteiger partial charge is 0.481 e. The summed E-state index contributed by atoms with van der Waals surface area (Å²) in [6.07, 6.45) is 2.45. The first-order valence-electron chi connectivity index (χ1n) is 6.93. The Kier molecular flexibility index (Phi) is 5.77. The van der Waals surface area contributed by atoms with Crippen molar-refractivity contribution in [1.82, 2.24) is 14.8 Å². The molecule has 1 N–H and O–H groups in total. The minimum absolute atomic E-state index is 0.0384. The SMILES string of the molecule is CC(C)c1nnc(SCC(=O)O)n1CC1CCSCC1. The Bertz CT molecular complexity index is 456. The Morgan fingerprint density at radius 3 is 2.75 bits per heavy atom. The average Bonchev–Trinajstić information content (AvgIpc) is 2.80. The van der Waals surface area contributed by atoms with Crippen molar-refractivity contribution < 1.29 is 9.90 Å². The Morgan fingerprint density at radius 2 is 2.15 bits per heavy atom. The van der Waals surface area contributed by atoms with Crippen molar-refractivity contribution in [3.05, 3.63) is 5.82 Å². The zero-order chi connectivity index (χ0) is 14.5. The summed E-state index contributed by atoms with van der Waals surface area (Å²) in [5, 5.41) is 18.0. The van der Waals surface area contributed by atoms with Gasteiger partial charge >= 0.3 is 5.97 Å². The molecule has 0 saturated carbocycles. The number of carboxylic acid groups (broad SMARTS) is 1. The van der Waals surface area contributed by atoms with Crippen molar-refractivity contribution in [2.24, 2.45) is 5.92 Å². The number of aliphatic carboxylic acids is 1. The number of carbonyl (C=O) groups is 1. The van der Waals surface area contributed by atoms with E-state index in [9.17, 15) is 4.79 Å². The number of carboxylic acids is 1. The lowest BCUT2D eigenvalue weighted by atomic mass is 10.0. The minimum atomic E-state index is -0.815. The summed E-state index contributed by atoms with van der Waals surface area (Å²) in [5.74, 6) is 3.61. The van der Waals surface area contributed by atoms with Crippen molar-refractivity contribution in [2.45, 2.75) is 44.3 Å². The molecule has 0 aromatic carbocycles. The van der Waals surface area contributed by atoms with Gasteiger partial charge in [0.1, 0.15) is 5.82 Å². The molecular weight excluding hydrogens is 294 g/mol. The number of aromatic nitrogens is 3. The van der Waals surface area contributed by atoms with Crippen LogP contribution >= 0.6 is 23.5 Å². The molecule has 1 aliphatic heterocycles. The molecule has 20 heavy (non-hydrogen) atoms. The zero-order valence-electron chi connectivity index (χ0n) is 11.9. The fourth-order valence-electron chi connectivity index (χ4n) is 2.32. The maximum Gasteiger partial charge on any atom is 0.313 e. The maximum absolute atomic E-state index is 10.7. The van der Waals surface area contributed by atoms with Gasteiger partial charge in [-0.2, -0.15) is 11.8 Å². The first-order valence-corrected chi connectivity index (χ1v) is 9.07. The molecule has 0 bridgehead atoms. The number of thioether (sulfide) groups is 2. The van der Waals surface area contributed by atoms with Crippen LogP contribution in [0.3, 0.4) is 0 Å². The van der Waals surface area contributed by atoms with Gasteiger partial charge in [-0.1, -0.05) is 25.6 Å². The van der Waals surface area contributed by atoms with E-state index in [1.54, 1.807) is 0 Å². The first-order chi connectivity index (χ1) is 9.58. The van der Waals surface area contributed by atoms with Crippen LogP contribution in [-0.4, -0.2) is 43.1 Å². The number of hydrogen-bond donors (Lipinski definition) is 1. The molecule has 1 aromatic heterocycles. The first kappa shape index (κ1) is 15.7. The van der Waals surface area contributed by atoms with Gasteiger partial charge in [0.05, 0.1) is 5.75 Å². The Labute approximate surface area is 127 Å². The molecule has 112 valence electrons. The normalized spacial score (nSPS) is 16.8. The second-order valence-electron chi connectivity index (χ2n) is 5.34. The fraction of sp³-hybridized carbons (Fsp3) is 0.769. The lowest BCUT2D eigenvalue weighted by Crippen LogP contribution is -2.19. The monoisotopic (exact) mass is 315 g/mol. The van der Waals surface area contributed by atoms with E-state index in [1.807, 2.05) is 11.8 Å². The van der Waals surface area contributed by atoms with Gasteiger partial charge in [-0.25, -0.2) is 0 Å². The molecule has 0 aliphatic carbocycles. The third-order valence-electron chi connectivity index (χ3n) is 3.37. The van der Waals surface area contributed by atoms with E-state index in [4.69, 9.17) is 5.11 Å². The minimum Gasteiger partial charge on any atom is -0.481 e. The molecule has 2 rings (SSSR count). The van der Waals surface area contributed by atoms with Gasteiger partial charge < -0.3 is 9.67 Å². The van der Waals surface area contributed by atoms with Crippen LogP contribution in [-0.2, 0) is 11.3 Å². The van der Waals surface area contributed by atoms with E-state index < -0.39 is 5.97 Å². The van der Waals surface area contributed by atoms with Crippen LogP contribution in [0.5, 0.6) is 0 Å². The molecule has 1 aromatic rings. The molecule has 0 amide bonds. The molecular formula is C13H21N3O2S2. The molecule has 0 spiro atoms. The molecule has 5 nitrogen and oxygen atoms in total.